The van der Waals surface area contributed by atoms with E-state index in [9.17, 15) is 0 Å². The van der Waals surface area contributed by atoms with E-state index in [0.717, 1.165) is 59.0 Å². The van der Waals surface area contributed by atoms with Crippen molar-refractivity contribution in [3.8, 4) is 0 Å². The van der Waals surface area contributed by atoms with Crippen molar-refractivity contribution in [1.82, 2.24) is 29.1 Å². The van der Waals surface area contributed by atoms with Crippen LogP contribution in [0.5, 0.6) is 0 Å². The highest BCUT2D eigenvalue weighted by molar-refractivity contribution is 6.04. The molecule has 2 aromatic carbocycles. The lowest BCUT2D eigenvalue weighted by Gasteiger charge is -2.01. The molecule has 0 N–H and O–H groups in total. The summed E-state index contributed by atoms with van der Waals surface area (Å²) >= 11 is 0. The standard InChI is InChI=1S/C22H22N6/c1-4-15-13-23-14(2)28-22(15)24-19(26-28)11-12-20-25-21-17-8-6-5-7-16(17)9-10-18(21)27(20)3/h5-10,13H,4,11-12H2,1-3H3. The zero-order chi connectivity index (χ0) is 19.3. The monoisotopic (exact) mass is 370 g/mol. The molecular weight excluding hydrogens is 348 g/mol. The number of benzene rings is 2. The highest BCUT2D eigenvalue weighted by Gasteiger charge is 2.14. The third kappa shape index (κ3) is 2.56. The van der Waals surface area contributed by atoms with Gasteiger partial charge in [0.25, 0.3) is 0 Å². The average molecular weight is 370 g/mol. The smallest absolute Gasteiger partial charge is 0.162 e. The zero-order valence-electron chi connectivity index (χ0n) is 16.3. The molecule has 0 spiro atoms. The molecule has 0 radical (unpaired) electrons. The minimum Gasteiger partial charge on any atom is -0.331 e. The van der Waals surface area contributed by atoms with Crippen LogP contribution >= 0.6 is 0 Å². The summed E-state index contributed by atoms with van der Waals surface area (Å²) < 4.78 is 4.04. The highest BCUT2D eigenvalue weighted by atomic mass is 15.3. The van der Waals surface area contributed by atoms with E-state index >= 15 is 0 Å². The fourth-order valence-corrected chi connectivity index (χ4v) is 3.85. The Labute approximate surface area is 162 Å². The topological polar surface area (TPSA) is 60.9 Å². The maximum atomic E-state index is 4.95. The van der Waals surface area contributed by atoms with E-state index in [1.165, 1.54) is 10.8 Å². The molecule has 0 fully saturated rings. The number of hydrogen-bond acceptors (Lipinski definition) is 4. The van der Waals surface area contributed by atoms with Crippen molar-refractivity contribution in [3.63, 3.8) is 0 Å². The summed E-state index contributed by atoms with van der Waals surface area (Å²) in [5.41, 5.74) is 4.26. The Morgan fingerprint density at radius 2 is 1.86 bits per heavy atom. The van der Waals surface area contributed by atoms with Gasteiger partial charge in [-0.25, -0.2) is 15.0 Å². The molecule has 3 aromatic heterocycles. The summed E-state index contributed by atoms with van der Waals surface area (Å²) in [5.74, 6) is 2.75. The van der Waals surface area contributed by atoms with Gasteiger partial charge >= 0.3 is 0 Å². The largest absolute Gasteiger partial charge is 0.331 e. The second kappa shape index (κ2) is 6.41. The molecule has 0 aliphatic rings. The van der Waals surface area contributed by atoms with Crippen LogP contribution < -0.4 is 0 Å². The van der Waals surface area contributed by atoms with E-state index in [1.54, 1.807) is 0 Å². The Bertz CT molecular complexity index is 1330. The molecule has 6 heteroatoms. The lowest BCUT2D eigenvalue weighted by molar-refractivity contribution is 0.748. The fraction of sp³-hybridized carbons (Fsp3) is 0.273. The van der Waals surface area contributed by atoms with Gasteiger partial charge in [-0.3, -0.25) is 0 Å². The van der Waals surface area contributed by atoms with Crippen molar-refractivity contribution in [2.75, 3.05) is 0 Å². The number of aromatic nitrogens is 6. The molecule has 3 heterocycles. The van der Waals surface area contributed by atoms with Crippen LogP contribution in [-0.4, -0.2) is 29.1 Å². The van der Waals surface area contributed by atoms with Crippen molar-refractivity contribution < 1.29 is 0 Å². The van der Waals surface area contributed by atoms with Crippen LogP contribution in [0.3, 0.4) is 0 Å². The molecule has 5 rings (SSSR count). The molecule has 0 saturated heterocycles. The molecule has 0 unspecified atom stereocenters. The second-order valence-corrected chi connectivity index (χ2v) is 7.19. The van der Waals surface area contributed by atoms with E-state index < -0.39 is 0 Å². The number of rotatable bonds is 4. The minimum absolute atomic E-state index is 0.749. The maximum absolute atomic E-state index is 4.95. The molecule has 0 aliphatic carbocycles. The molecule has 0 amide bonds. The van der Waals surface area contributed by atoms with Crippen LogP contribution in [-0.2, 0) is 26.3 Å². The van der Waals surface area contributed by atoms with E-state index in [-0.39, 0.29) is 0 Å². The van der Waals surface area contributed by atoms with Gasteiger partial charge in [0, 0.05) is 37.0 Å². The molecule has 0 saturated carbocycles. The summed E-state index contributed by atoms with van der Waals surface area (Å²) in [6.07, 6.45) is 4.34. The number of imidazole rings is 1. The molecule has 6 nitrogen and oxygen atoms in total. The van der Waals surface area contributed by atoms with Gasteiger partial charge in [0.05, 0.1) is 11.0 Å². The highest BCUT2D eigenvalue weighted by Crippen LogP contribution is 2.25. The van der Waals surface area contributed by atoms with Crippen LogP contribution in [0.25, 0.3) is 27.5 Å². The normalized spacial score (nSPS) is 11.8. The van der Waals surface area contributed by atoms with Gasteiger partial charge in [0.2, 0.25) is 0 Å². The van der Waals surface area contributed by atoms with Crippen LogP contribution in [0.1, 0.15) is 30.0 Å². The van der Waals surface area contributed by atoms with E-state index in [2.05, 4.69) is 65.0 Å². The number of fused-ring (bicyclic) bond motifs is 4. The molecule has 5 aromatic rings. The van der Waals surface area contributed by atoms with Crippen LogP contribution in [0, 0.1) is 6.92 Å². The van der Waals surface area contributed by atoms with Gasteiger partial charge in [-0.1, -0.05) is 37.3 Å². The van der Waals surface area contributed by atoms with E-state index in [1.807, 2.05) is 17.6 Å². The predicted molar refractivity (Wildman–Crippen MR) is 111 cm³/mol. The van der Waals surface area contributed by atoms with Gasteiger partial charge in [0.1, 0.15) is 11.6 Å². The molecular formula is C22H22N6. The Kier molecular flexibility index (Phi) is 3.86. The second-order valence-electron chi connectivity index (χ2n) is 7.19. The van der Waals surface area contributed by atoms with Crippen LogP contribution in [0.2, 0.25) is 0 Å². The van der Waals surface area contributed by atoms with Crippen LogP contribution in [0.15, 0.2) is 42.6 Å². The summed E-state index contributed by atoms with van der Waals surface area (Å²) in [7, 11) is 2.08. The first-order valence-electron chi connectivity index (χ1n) is 9.69. The SMILES string of the molecule is CCc1cnc(C)n2nc(CCc3nc4c5ccccc5ccc4n3C)nc12. The Morgan fingerprint density at radius 3 is 2.71 bits per heavy atom. The number of nitrogens with zero attached hydrogens (tertiary/aromatic N) is 6. The third-order valence-electron chi connectivity index (χ3n) is 5.47. The fourth-order valence-electron chi connectivity index (χ4n) is 3.85. The van der Waals surface area contributed by atoms with Gasteiger partial charge in [-0.05, 0) is 24.8 Å². The summed E-state index contributed by atoms with van der Waals surface area (Å²) in [6, 6.07) is 12.7. The number of aryl methyl sites for hydroxylation is 5. The Balaban J connectivity index is 1.51. The predicted octanol–water partition coefficient (Wildman–Crippen LogP) is 3.82. The maximum Gasteiger partial charge on any atom is 0.162 e. The number of hydrogen-bond donors (Lipinski definition) is 0. The summed E-state index contributed by atoms with van der Waals surface area (Å²) in [6.45, 7) is 4.08. The lowest BCUT2D eigenvalue weighted by atomic mass is 10.1. The van der Waals surface area contributed by atoms with Gasteiger partial charge in [-0.15, -0.1) is 5.10 Å². The first-order chi connectivity index (χ1) is 13.7. The molecule has 0 atom stereocenters. The summed E-state index contributed by atoms with van der Waals surface area (Å²) in [4.78, 5) is 14.1. The molecule has 140 valence electrons. The Morgan fingerprint density at radius 1 is 1.00 bits per heavy atom. The zero-order valence-corrected chi connectivity index (χ0v) is 16.3. The first kappa shape index (κ1) is 16.9. The van der Waals surface area contributed by atoms with E-state index in [0.29, 0.717) is 0 Å². The average Bonchev–Trinajstić information content (AvgIpc) is 3.29. The molecule has 0 aliphatic heterocycles. The van der Waals surface area contributed by atoms with Crippen molar-refractivity contribution in [2.24, 2.45) is 7.05 Å². The third-order valence-corrected chi connectivity index (χ3v) is 5.47. The first-order valence-corrected chi connectivity index (χ1v) is 9.69. The summed E-state index contributed by atoms with van der Waals surface area (Å²) in [5, 5.41) is 7.09. The van der Waals surface area contributed by atoms with Crippen molar-refractivity contribution >= 4 is 27.5 Å². The van der Waals surface area contributed by atoms with Gasteiger partial charge in [-0.2, -0.15) is 4.52 Å². The van der Waals surface area contributed by atoms with Crippen molar-refractivity contribution in [1.29, 1.82) is 0 Å². The minimum atomic E-state index is 0.749. The van der Waals surface area contributed by atoms with Crippen LogP contribution in [0.4, 0.5) is 0 Å². The van der Waals surface area contributed by atoms with Crippen molar-refractivity contribution in [2.45, 2.75) is 33.1 Å². The molecule has 28 heavy (non-hydrogen) atoms. The van der Waals surface area contributed by atoms with Gasteiger partial charge in [0.15, 0.2) is 11.5 Å². The molecule has 0 bridgehead atoms. The van der Waals surface area contributed by atoms with E-state index in [4.69, 9.17) is 9.97 Å². The van der Waals surface area contributed by atoms with Gasteiger partial charge < -0.3 is 4.57 Å². The Hall–Kier alpha value is -3.28. The van der Waals surface area contributed by atoms with Crippen molar-refractivity contribution in [3.05, 3.63) is 65.6 Å². The lowest BCUT2D eigenvalue weighted by Crippen LogP contribution is -2.02. The quantitative estimate of drug-likeness (QED) is 0.482.